The first kappa shape index (κ1) is 13.7. The van der Waals surface area contributed by atoms with Crippen LogP contribution < -0.4 is 4.90 Å². The van der Waals surface area contributed by atoms with Gasteiger partial charge in [-0.3, -0.25) is 4.79 Å². The molecule has 1 saturated heterocycles. The Morgan fingerprint density at radius 3 is 2.14 bits per heavy atom. The average Bonchev–Trinajstić information content (AvgIpc) is 2.56. The number of para-hydroxylation sites is 1. The molecule has 2 aromatic rings. The third kappa shape index (κ3) is 2.92. The first-order chi connectivity index (χ1) is 10.3. The molecule has 0 saturated carbocycles. The average molecular weight is 280 g/mol. The number of nitrogens with zero attached hydrogens (tertiary/aromatic N) is 2. The van der Waals surface area contributed by atoms with Crippen LogP contribution in [0.3, 0.4) is 0 Å². The van der Waals surface area contributed by atoms with Gasteiger partial charge in [-0.15, -0.1) is 0 Å². The van der Waals surface area contributed by atoms with Gasteiger partial charge in [0.15, 0.2) is 0 Å². The van der Waals surface area contributed by atoms with Gasteiger partial charge in [0.2, 0.25) is 0 Å². The Morgan fingerprint density at radius 1 is 0.857 bits per heavy atom. The summed E-state index contributed by atoms with van der Waals surface area (Å²) in [5.41, 5.74) is 3.35. The molecule has 1 aliphatic heterocycles. The summed E-state index contributed by atoms with van der Waals surface area (Å²) < 4.78 is 0. The second-order valence-electron chi connectivity index (χ2n) is 5.43. The summed E-state index contributed by atoms with van der Waals surface area (Å²) in [5.74, 6) is 0.139. The maximum absolute atomic E-state index is 12.4. The summed E-state index contributed by atoms with van der Waals surface area (Å²) in [6, 6.07) is 18.0. The van der Waals surface area contributed by atoms with Gasteiger partial charge in [-0.1, -0.05) is 36.4 Å². The molecule has 0 N–H and O–H groups in total. The van der Waals surface area contributed by atoms with Crippen molar-refractivity contribution in [1.29, 1.82) is 0 Å². The highest BCUT2D eigenvalue weighted by Gasteiger charge is 2.22. The van der Waals surface area contributed by atoms with Crippen molar-refractivity contribution in [3.05, 3.63) is 65.7 Å². The Morgan fingerprint density at radius 2 is 1.48 bits per heavy atom. The number of hydrogen-bond donors (Lipinski definition) is 0. The summed E-state index contributed by atoms with van der Waals surface area (Å²) in [6.45, 7) is 5.48. The molecule has 0 aliphatic carbocycles. The van der Waals surface area contributed by atoms with Crippen LogP contribution in [0.15, 0.2) is 54.6 Å². The number of carbonyl (C=O) groups excluding carboxylic acids is 1. The molecule has 2 aromatic carbocycles. The lowest BCUT2D eigenvalue weighted by Gasteiger charge is -2.36. The predicted molar refractivity (Wildman–Crippen MR) is 85.7 cm³/mol. The fourth-order valence-electron chi connectivity index (χ4n) is 2.83. The maximum Gasteiger partial charge on any atom is 0.253 e. The zero-order valence-corrected chi connectivity index (χ0v) is 12.3. The Balaban J connectivity index is 1.66. The zero-order chi connectivity index (χ0) is 14.7. The molecular formula is C18H20N2O. The minimum atomic E-state index is 0.139. The lowest BCUT2D eigenvalue weighted by molar-refractivity contribution is 0.0747. The number of aryl methyl sites for hydroxylation is 1. The molecule has 1 amide bonds. The van der Waals surface area contributed by atoms with E-state index in [1.807, 2.05) is 35.2 Å². The van der Waals surface area contributed by atoms with Gasteiger partial charge >= 0.3 is 0 Å². The minimum Gasteiger partial charge on any atom is -0.368 e. The Labute approximate surface area is 125 Å². The lowest BCUT2D eigenvalue weighted by Crippen LogP contribution is -2.49. The quantitative estimate of drug-likeness (QED) is 0.844. The van der Waals surface area contributed by atoms with Crippen molar-refractivity contribution in [3.8, 4) is 0 Å². The van der Waals surface area contributed by atoms with Gasteiger partial charge in [0, 0.05) is 37.4 Å². The van der Waals surface area contributed by atoms with Crippen LogP contribution in [0, 0.1) is 6.92 Å². The molecule has 3 rings (SSSR count). The molecule has 0 unspecified atom stereocenters. The van der Waals surface area contributed by atoms with E-state index in [9.17, 15) is 4.79 Å². The van der Waals surface area contributed by atoms with Crippen LogP contribution in [0.25, 0.3) is 0 Å². The van der Waals surface area contributed by atoms with Crippen LogP contribution in [0.2, 0.25) is 0 Å². The number of anilines is 1. The van der Waals surface area contributed by atoms with E-state index in [0.29, 0.717) is 0 Å². The number of hydrogen-bond acceptors (Lipinski definition) is 2. The number of carbonyl (C=O) groups is 1. The summed E-state index contributed by atoms with van der Waals surface area (Å²) >= 11 is 0. The van der Waals surface area contributed by atoms with Crippen molar-refractivity contribution in [1.82, 2.24) is 4.90 Å². The summed E-state index contributed by atoms with van der Waals surface area (Å²) in [5, 5.41) is 0. The van der Waals surface area contributed by atoms with E-state index >= 15 is 0 Å². The molecule has 3 nitrogen and oxygen atoms in total. The highest BCUT2D eigenvalue weighted by Crippen LogP contribution is 2.21. The van der Waals surface area contributed by atoms with Crippen LogP contribution in [0.5, 0.6) is 0 Å². The zero-order valence-electron chi connectivity index (χ0n) is 12.3. The fraction of sp³-hybridized carbons (Fsp3) is 0.278. The summed E-state index contributed by atoms with van der Waals surface area (Å²) in [4.78, 5) is 16.7. The van der Waals surface area contributed by atoms with Crippen molar-refractivity contribution in [2.45, 2.75) is 6.92 Å². The molecule has 0 atom stereocenters. The minimum absolute atomic E-state index is 0.139. The van der Waals surface area contributed by atoms with Crippen molar-refractivity contribution in [2.75, 3.05) is 31.1 Å². The molecule has 108 valence electrons. The van der Waals surface area contributed by atoms with E-state index in [1.165, 1.54) is 11.3 Å². The third-order valence-electron chi connectivity index (χ3n) is 4.04. The van der Waals surface area contributed by atoms with Crippen LogP contribution in [0.4, 0.5) is 5.69 Å². The number of benzene rings is 2. The van der Waals surface area contributed by atoms with E-state index in [1.54, 1.807) is 0 Å². The fourth-order valence-corrected chi connectivity index (χ4v) is 2.83. The van der Waals surface area contributed by atoms with E-state index in [0.717, 1.165) is 31.7 Å². The number of piperazine rings is 1. The van der Waals surface area contributed by atoms with Crippen molar-refractivity contribution in [3.63, 3.8) is 0 Å². The maximum atomic E-state index is 12.4. The normalized spacial score (nSPS) is 15.1. The number of amides is 1. The highest BCUT2D eigenvalue weighted by atomic mass is 16.2. The van der Waals surface area contributed by atoms with E-state index in [2.05, 4.69) is 36.1 Å². The van der Waals surface area contributed by atoms with Crippen molar-refractivity contribution in [2.24, 2.45) is 0 Å². The van der Waals surface area contributed by atoms with E-state index in [-0.39, 0.29) is 5.91 Å². The standard InChI is InChI=1S/C18H20N2O/c1-15-7-5-6-10-17(15)19-11-13-20(14-12-19)18(21)16-8-3-2-4-9-16/h2-10H,11-14H2,1H3. The first-order valence-electron chi connectivity index (χ1n) is 7.40. The largest absolute Gasteiger partial charge is 0.368 e. The first-order valence-corrected chi connectivity index (χ1v) is 7.40. The summed E-state index contributed by atoms with van der Waals surface area (Å²) in [7, 11) is 0. The molecule has 0 bridgehead atoms. The van der Waals surface area contributed by atoms with E-state index < -0.39 is 0 Å². The topological polar surface area (TPSA) is 23.6 Å². The lowest BCUT2D eigenvalue weighted by atomic mass is 10.1. The molecular weight excluding hydrogens is 260 g/mol. The van der Waals surface area contributed by atoms with Gasteiger partial charge in [0.25, 0.3) is 5.91 Å². The molecule has 0 aromatic heterocycles. The second kappa shape index (κ2) is 6.00. The van der Waals surface area contributed by atoms with Gasteiger partial charge in [0.1, 0.15) is 0 Å². The molecule has 1 aliphatic rings. The third-order valence-corrected chi connectivity index (χ3v) is 4.04. The van der Waals surface area contributed by atoms with Gasteiger partial charge in [-0.2, -0.15) is 0 Å². The predicted octanol–water partition coefficient (Wildman–Crippen LogP) is 2.96. The molecule has 21 heavy (non-hydrogen) atoms. The van der Waals surface area contributed by atoms with E-state index in [4.69, 9.17) is 0 Å². The Bertz CT molecular complexity index is 616. The molecule has 3 heteroatoms. The molecule has 0 radical (unpaired) electrons. The molecule has 1 heterocycles. The van der Waals surface area contributed by atoms with Crippen molar-refractivity contribution >= 4 is 11.6 Å². The van der Waals surface area contributed by atoms with Crippen molar-refractivity contribution < 1.29 is 4.79 Å². The Kier molecular flexibility index (Phi) is 3.91. The Hall–Kier alpha value is -2.29. The van der Waals surface area contributed by atoms with Crippen LogP contribution in [0.1, 0.15) is 15.9 Å². The van der Waals surface area contributed by atoms with Gasteiger partial charge in [-0.05, 0) is 30.7 Å². The number of rotatable bonds is 2. The second-order valence-corrected chi connectivity index (χ2v) is 5.43. The van der Waals surface area contributed by atoms with Gasteiger partial charge in [-0.25, -0.2) is 0 Å². The smallest absolute Gasteiger partial charge is 0.253 e. The van der Waals surface area contributed by atoms with Crippen LogP contribution in [-0.4, -0.2) is 37.0 Å². The molecule has 1 fully saturated rings. The van der Waals surface area contributed by atoms with Gasteiger partial charge < -0.3 is 9.80 Å². The van der Waals surface area contributed by atoms with Crippen LogP contribution in [-0.2, 0) is 0 Å². The monoisotopic (exact) mass is 280 g/mol. The summed E-state index contributed by atoms with van der Waals surface area (Å²) in [6.07, 6.45) is 0. The van der Waals surface area contributed by atoms with Gasteiger partial charge in [0.05, 0.1) is 0 Å². The SMILES string of the molecule is Cc1ccccc1N1CCN(C(=O)c2ccccc2)CC1. The molecule has 0 spiro atoms. The highest BCUT2D eigenvalue weighted by molar-refractivity contribution is 5.94. The van der Waals surface area contributed by atoms with Crippen LogP contribution >= 0.6 is 0 Å².